The van der Waals surface area contributed by atoms with Gasteiger partial charge in [0.1, 0.15) is 11.9 Å². The van der Waals surface area contributed by atoms with Gasteiger partial charge in [0.15, 0.2) is 0 Å². The topological polar surface area (TPSA) is 52.6 Å². The maximum atomic E-state index is 12.1. The predicted molar refractivity (Wildman–Crippen MR) is 99.4 cm³/mol. The number of benzene rings is 2. The van der Waals surface area contributed by atoms with Crippen LogP contribution in [0.15, 0.2) is 54.6 Å². The molecule has 1 unspecified atom stereocenters. The van der Waals surface area contributed by atoms with Crippen LogP contribution in [-0.4, -0.2) is 47.6 Å². The molecule has 0 saturated heterocycles. The molecule has 2 rings (SSSR count). The molecule has 0 amide bonds. The molecule has 1 atom stereocenters. The minimum atomic E-state index is -0.460. The van der Waals surface area contributed by atoms with Crippen molar-refractivity contribution < 1.29 is 19.1 Å². The van der Waals surface area contributed by atoms with Crippen LogP contribution in [0.5, 0.6) is 5.75 Å². The van der Waals surface area contributed by atoms with E-state index in [2.05, 4.69) is 6.92 Å². The van der Waals surface area contributed by atoms with Gasteiger partial charge in [0, 0.05) is 0 Å². The molecule has 0 aromatic heterocycles. The van der Waals surface area contributed by atoms with Gasteiger partial charge in [0.05, 0.1) is 11.1 Å². The van der Waals surface area contributed by atoms with Crippen molar-refractivity contribution >= 4 is 41.5 Å². The van der Waals surface area contributed by atoms with E-state index in [-0.39, 0.29) is 41.6 Å². The standard InChI is InChI=1S/C20H22O4.Na.H/c1-3-8-17(4-2)23-19(21)15-11-13-16(14-12-15)20(22)24-18-9-6-5-7-10-18;;/h5-7,9-14,17H,3-4,8H2,1-2H3;;. The molecule has 0 aliphatic rings. The Hall–Kier alpha value is -1.62. The molecule has 0 aliphatic heterocycles. The van der Waals surface area contributed by atoms with Gasteiger partial charge in [-0.15, -0.1) is 0 Å². The number of hydrogen-bond acceptors (Lipinski definition) is 4. The second-order valence-electron chi connectivity index (χ2n) is 5.50. The molecule has 2 aromatic rings. The summed E-state index contributed by atoms with van der Waals surface area (Å²) in [5.41, 5.74) is 0.816. The first-order valence-corrected chi connectivity index (χ1v) is 8.22. The Morgan fingerprint density at radius 1 is 0.880 bits per heavy atom. The van der Waals surface area contributed by atoms with Gasteiger partial charge >= 0.3 is 41.5 Å². The number of carbonyl (C=O) groups is 2. The number of ether oxygens (including phenoxy) is 2. The summed E-state index contributed by atoms with van der Waals surface area (Å²) in [7, 11) is 0. The Morgan fingerprint density at radius 2 is 1.44 bits per heavy atom. The fourth-order valence-electron chi connectivity index (χ4n) is 2.28. The molecule has 0 saturated carbocycles. The molecular formula is C20H23NaO4. The van der Waals surface area contributed by atoms with Crippen LogP contribution in [0.2, 0.25) is 0 Å². The zero-order chi connectivity index (χ0) is 17.4. The number of para-hydroxylation sites is 1. The molecule has 128 valence electrons. The number of carbonyl (C=O) groups excluding carboxylic acids is 2. The molecule has 0 fully saturated rings. The van der Waals surface area contributed by atoms with E-state index in [0.29, 0.717) is 16.9 Å². The van der Waals surface area contributed by atoms with E-state index >= 15 is 0 Å². The zero-order valence-corrected chi connectivity index (χ0v) is 14.0. The van der Waals surface area contributed by atoms with Gasteiger partial charge in [0.25, 0.3) is 0 Å². The summed E-state index contributed by atoms with van der Waals surface area (Å²) >= 11 is 0. The van der Waals surface area contributed by atoms with Crippen molar-refractivity contribution in [3.63, 3.8) is 0 Å². The Balaban J connectivity index is 0.00000312. The van der Waals surface area contributed by atoms with Gasteiger partial charge in [-0.1, -0.05) is 38.5 Å². The van der Waals surface area contributed by atoms with E-state index in [4.69, 9.17) is 9.47 Å². The van der Waals surface area contributed by atoms with Crippen molar-refractivity contribution in [1.82, 2.24) is 0 Å². The Bertz CT molecular complexity index is 668. The SMILES string of the molecule is CCCC(CC)OC(=O)c1ccc(C(=O)Oc2ccccc2)cc1.[NaH]. The Labute approximate surface area is 170 Å². The van der Waals surface area contributed by atoms with Gasteiger partial charge in [-0.2, -0.15) is 0 Å². The summed E-state index contributed by atoms with van der Waals surface area (Å²) in [6, 6.07) is 15.2. The van der Waals surface area contributed by atoms with Gasteiger partial charge in [0.2, 0.25) is 0 Å². The van der Waals surface area contributed by atoms with Crippen LogP contribution < -0.4 is 4.74 Å². The predicted octanol–water partition coefficient (Wildman–Crippen LogP) is 3.99. The average molecular weight is 350 g/mol. The molecule has 0 heterocycles. The normalized spacial score (nSPS) is 11.1. The third kappa shape index (κ3) is 6.65. The quantitative estimate of drug-likeness (QED) is 0.430. The third-order valence-electron chi connectivity index (χ3n) is 3.65. The zero-order valence-electron chi connectivity index (χ0n) is 14.0. The summed E-state index contributed by atoms with van der Waals surface area (Å²) in [4.78, 5) is 24.2. The van der Waals surface area contributed by atoms with E-state index in [1.54, 1.807) is 48.5 Å². The second-order valence-corrected chi connectivity index (χ2v) is 5.50. The molecule has 0 bridgehead atoms. The van der Waals surface area contributed by atoms with E-state index in [1.807, 2.05) is 13.0 Å². The number of esters is 2. The van der Waals surface area contributed by atoms with Crippen molar-refractivity contribution in [3.8, 4) is 5.75 Å². The Kier molecular flexibility index (Phi) is 9.50. The first-order chi connectivity index (χ1) is 11.6. The maximum absolute atomic E-state index is 12.1. The second kappa shape index (κ2) is 11.1. The van der Waals surface area contributed by atoms with Gasteiger partial charge in [-0.05, 0) is 49.2 Å². The third-order valence-corrected chi connectivity index (χ3v) is 3.65. The average Bonchev–Trinajstić information content (AvgIpc) is 2.62. The molecular weight excluding hydrogens is 327 g/mol. The van der Waals surface area contributed by atoms with Crippen LogP contribution in [0.1, 0.15) is 53.8 Å². The van der Waals surface area contributed by atoms with E-state index in [9.17, 15) is 9.59 Å². The summed E-state index contributed by atoms with van der Waals surface area (Å²) in [6.07, 6.45) is 2.55. The van der Waals surface area contributed by atoms with Crippen LogP contribution in [-0.2, 0) is 4.74 Å². The summed E-state index contributed by atoms with van der Waals surface area (Å²) in [5.74, 6) is -0.340. The van der Waals surface area contributed by atoms with E-state index in [1.165, 1.54) is 0 Å². The first kappa shape index (κ1) is 21.4. The molecule has 4 nitrogen and oxygen atoms in total. The summed E-state index contributed by atoms with van der Waals surface area (Å²) < 4.78 is 10.7. The van der Waals surface area contributed by atoms with Crippen molar-refractivity contribution in [2.75, 3.05) is 0 Å². The molecule has 5 heteroatoms. The van der Waals surface area contributed by atoms with Crippen LogP contribution in [0.4, 0.5) is 0 Å². The molecule has 2 aromatic carbocycles. The van der Waals surface area contributed by atoms with Crippen LogP contribution >= 0.6 is 0 Å². The molecule has 0 spiro atoms. The van der Waals surface area contributed by atoms with Crippen LogP contribution in [0.25, 0.3) is 0 Å². The van der Waals surface area contributed by atoms with Crippen molar-refractivity contribution in [3.05, 3.63) is 65.7 Å². The number of hydrogen-bond donors (Lipinski definition) is 0. The fourth-order valence-corrected chi connectivity index (χ4v) is 2.28. The molecule has 25 heavy (non-hydrogen) atoms. The van der Waals surface area contributed by atoms with Crippen molar-refractivity contribution in [2.24, 2.45) is 0 Å². The first-order valence-electron chi connectivity index (χ1n) is 8.22. The Morgan fingerprint density at radius 3 is 1.96 bits per heavy atom. The van der Waals surface area contributed by atoms with Crippen molar-refractivity contribution in [2.45, 2.75) is 39.2 Å². The van der Waals surface area contributed by atoms with E-state index < -0.39 is 5.97 Å². The minimum absolute atomic E-state index is 0. The molecule has 0 aliphatic carbocycles. The van der Waals surface area contributed by atoms with Gasteiger partial charge in [-0.25, -0.2) is 9.59 Å². The van der Waals surface area contributed by atoms with Gasteiger partial charge < -0.3 is 9.47 Å². The summed E-state index contributed by atoms with van der Waals surface area (Å²) in [6.45, 7) is 4.06. The molecule has 0 N–H and O–H groups in total. The monoisotopic (exact) mass is 350 g/mol. The van der Waals surface area contributed by atoms with E-state index in [0.717, 1.165) is 19.3 Å². The summed E-state index contributed by atoms with van der Waals surface area (Å²) in [5, 5.41) is 0. The number of rotatable bonds is 7. The van der Waals surface area contributed by atoms with Crippen LogP contribution in [0.3, 0.4) is 0 Å². The molecule has 0 radical (unpaired) electrons. The fraction of sp³-hybridized carbons (Fsp3) is 0.300. The van der Waals surface area contributed by atoms with Gasteiger partial charge in [-0.3, -0.25) is 0 Å². The van der Waals surface area contributed by atoms with Crippen LogP contribution in [0, 0.1) is 0 Å². The van der Waals surface area contributed by atoms with Crippen molar-refractivity contribution in [1.29, 1.82) is 0 Å².